The van der Waals surface area contributed by atoms with E-state index in [1.807, 2.05) is 18.2 Å². The molecular weight excluding hydrogens is 367 g/mol. The standard InChI is InChI=1S/C18H19BrCl2/c1-18(2,3)14-7-5-4-6-13(14)15(19)10-12-8-9-16(20)17(21)11-12/h4-9,11,15H,10H2,1-3H3. The Balaban J connectivity index is 2.28. The first-order valence-corrected chi connectivity index (χ1v) is 8.63. The van der Waals surface area contributed by atoms with Crippen LogP contribution in [0.4, 0.5) is 0 Å². The Morgan fingerprint density at radius 2 is 1.67 bits per heavy atom. The fraction of sp³-hybridized carbons (Fsp3) is 0.333. The first kappa shape index (κ1) is 16.9. The Hall–Kier alpha value is -0.500. The average molecular weight is 386 g/mol. The Morgan fingerprint density at radius 3 is 2.29 bits per heavy atom. The quantitative estimate of drug-likeness (QED) is 0.500. The van der Waals surface area contributed by atoms with Crippen molar-refractivity contribution in [3.05, 3.63) is 69.2 Å². The largest absolute Gasteiger partial charge is 0.0835 e. The summed E-state index contributed by atoms with van der Waals surface area (Å²) < 4.78 is 0. The van der Waals surface area contributed by atoms with Gasteiger partial charge in [-0.1, -0.05) is 90.2 Å². The number of hydrogen-bond acceptors (Lipinski definition) is 0. The van der Waals surface area contributed by atoms with Crippen molar-refractivity contribution in [3.8, 4) is 0 Å². The van der Waals surface area contributed by atoms with Crippen LogP contribution in [0.25, 0.3) is 0 Å². The van der Waals surface area contributed by atoms with E-state index < -0.39 is 0 Å². The van der Waals surface area contributed by atoms with E-state index in [1.54, 1.807) is 0 Å². The van der Waals surface area contributed by atoms with Crippen molar-refractivity contribution in [2.45, 2.75) is 37.4 Å². The Labute approximate surface area is 145 Å². The third-order valence-corrected chi connectivity index (χ3v) is 5.06. The maximum Gasteiger partial charge on any atom is 0.0595 e. The second-order valence-electron chi connectivity index (χ2n) is 6.26. The van der Waals surface area contributed by atoms with E-state index >= 15 is 0 Å². The summed E-state index contributed by atoms with van der Waals surface area (Å²) in [5, 5.41) is 1.21. The van der Waals surface area contributed by atoms with Gasteiger partial charge in [0.25, 0.3) is 0 Å². The van der Waals surface area contributed by atoms with E-state index in [4.69, 9.17) is 23.2 Å². The van der Waals surface area contributed by atoms with Gasteiger partial charge in [-0.3, -0.25) is 0 Å². The molecule has 112 valence electrons. The lowest BCUT2D eigenvalue weighted by Gasteiger charge is -2.25. The predicted molar refractivity (Wildman–Crippen MR) is 97.0 cm³/mol. The van der Waals surface area contributed by atoms with Crippen LogP contribution in [-0.2, 0) is 11.8 Å². The van der Waals surface area contributed by atoms with Crippen LogP contribution in [0.2, 0.25) is 10.0 Å². The molecule has 0 N–H and O–H groups in total. The van der Waals surface area contributed by atoms with Gasteiger partial charge in [0.2, 0.25) is 0 Å². The molecule has 3 heteroatoms. The minimum absolute atomic E-state index is 0.125. The van der Waals surface area contributed by atoms with Crippen LogP contribution in [0.1, 0.15) is 42.3 Å². The van der Waals surface area contributed by atoms with E-state index in [-0.39, 0.29) is 10.2 Å². The SMILES string of the molecule is CC(C)(C)c1ccccc1C(Br)Cc1ccc(Cl)c(Cl)c1. The summed E-state index contributed by atoms with van der Waals surface area (Å²) >= 11 is 15.9. The normalized spacial score (nSPS) is 13.2. The molecule has 0 bridgehead atoms. The molecule has 0 saturated heterocycles. The summed E-state index contributed by atoms with van der Waals surface area (Å²) in [4.78, 5) is 0.255. The van der Waals surface area contributed by atoms with Crippen LogP contribution >= 0.6 is 39.1 Å². The monoisotopic (exact) mass is 384 g/mol. The first-order valence-electron chi connectivity index (χ1n) is 6.96. The molecule has 0 fully saturated rings. The summed E-state index contributed by atoms with van der Waals surface area (Å²) in [6.45, 7) is 6.72. The summed E-state index contributed by atoms with van der Waals surface area (Å²) in [6, 6.07) is 14.4. The molecule has 0 heterocycles. The molecule has 21 heavy (non-hydrogen) atoms. The molecule has 0 saturated carbocycles. The Kier molecular flexibility index (Phi) is 5.40. The summed E-state index contributed by atoms with van der Waals surface area (Å²) in [7, 11) is 0. The van der Waals surface area contributed by atoms with Crippen molar-refractivity contribution in [2.75, 3.05) is 0 Å². The predicted octanol–water partition coefficient (Wildman–Crippen LogP) is 6.97. The van der Waals surface area contributed by atoms with Gasteiger partial charge in [-0.2, -0.15) is 0 Å². The molecule has 2 aromatic rings. The Morgan fingerprint density at radius 1 is 1.00 bits per heavy atom. The molecule has 0 radical (unpaired) electrons. The number of alkyl halides is 1. The number of rotatable bonds is 3. The van der Waals surface area contributed by atoms with E-state index in [0.29, 0.717) is 10.0 Å². The van der Waals surface area contributed by atoms with Crippen LogP contribution in [-0.4, -0.2) is 0 Å². The first-order chi connectivity index (χ1) is 9.79. The lowest BCUT2D eigenvalue weighted by molar-refractivity contribution is 0.581. The van der Waals surface area contributed by atoms with Gasteiger partial charge in [-0.25, -0.2) is 0 Å². The zero-order valence-electron chi connectivity index (χ0n) is 12.5. The number of hydrogen-bond donors (Lipinski definition) is 0. The summed E-state index contributed by atoms with van der Waals surface area (Å²) in [5.41, 5.74) is 4.00. The van der Waals surface area contributed by atoms with E-state index in [1.165, 1.54) is 16.7 Å². The number of benzene rings is 2. The summed E-state index contributed by atoms with van der Waals surface area (Å²) in [5.74, 6) is 0. The van der Waals surface area contributed by atoms with Crippen LogP contribution in [0, 0.1) is 0 Å². The maximum atomic E-state index is 6.10. The van der Waals surface area contributed by atoms with Gasteiger partial charge in [0.1, 0.15) is 0 Å². The van der Waals surface area contributed by atoms with Gasteiger partial charge in [0, 0.05) is 4.83 Å². The molecule has 1 unspecified atom stereocenters. The Bertz CT molecular complexity index is 629. The lowest BCUT2D eigenvalue weighted by Crippen LogP contribution is -2.15. The average Bonchev–Trinajstić information content (AvgIpc) is 2.42. The second-order valence-corrected chi connectivity index (χ2v) is 8.18. The highest BCUT2D eigenvalue weighted by Gasteiger charge is 2.21. The molecule has 0 aliphatic heterocycles. The van der Waals surface area contributed by atoms with Crippen molar-refractivity contribution in [1.29, 1.82) is 0 Å². The van der Waals surface area contributed by atoms with Crippen LogP contribution < -0.4 is 0 Å². The number of halogens is 3. The molecule has 0 aliphatic rings. The third kappa shape index (κ3) is 4.25. The van der Waals surface area contributed by atoms with Crippen LogP contribution in [0.15, 0.2) is 42.5 Å². The van der Waals surface area contributed by atoms with Gasteiger partial charge in [0.05, 0.1) is 10.0 Å². The molecule has 0 aliphatic carbocycles. The van der Waals surface area contributed by atoms with Gasteiger partial charge < -0.3 is 0 Å². The van der Waals surface area contributed by atoms with Gasteiger partial charge in [-0.15, -0.1) is 0 Å². The minimum atomic E-state index is 0.125. The van der Waals surface area contributed by atoms with E-state index in [2.05, 4.69) is 61.0 Å². The molecular formula is C18H19BrCl2. The molecule has 2 rings (SSSR count). The van der Waals surface area contributed by atoms with Gasteiger partial charge in [0.15, 0.2) is 0 Å². The fourth-order valence-corrected chi connectivity index (χ4v) is 3.53. The van der Waals surface area contributed by atoms with Crippen LogP contribution in [0.3, 0.4) is 0 Å². The fourth-order valence-electron chi connectivity index (χ4n) is 2.44. The smallest absolute Gasteiger partial charge is 0.0595 e. The summed E-state index contributed by atoms with van der Waals surface area (Å²) in [6.07, 6.45) is 0.879. The molecule has 0 amide bonds. The van der Waals surface area contributed by atoms with Crippen molar-refractivity contribution in [2.24, 2.45) is 0 Å². The highest BCUT2D eigenvalue weighted by atomic mass is 79.9. The van der Waals surface area contributed by atoms with Crippen molar-refractivity contribution in [3.63, 3.8) is 0 Å². The van der Waals surface area contributed by atoms with Crippen molar-refractivity contribution < 1.29 is 0 Å². The van der Waals surface area contributed by atoms with Crippen molar-refractivity contribution in [1.82, 2.24) is 0 Å². The molecule has 0 aromatic heterocycles. The van der Waals surface area contributed by atoms with Gasteiger partial charge in [-0.05, 0) is 40.7 Å². The third-order valence-electron chi connectivity index (χ3n) is 3.51. The molecule has 2 aromatic carbocycles. The zero-order chi connectivity index (χ0) is 15.6. The second kappa shape index (κ2) is 6.73. The van der Waals surface area contributed by atoms with E-state index in [0.717, 1.165) is 6.42 Å². The highest BCUT2D eigenvalue weighted by Crippen LogP contribution is 2.36. The van der Waals surface area contributed by atoms with Crippen molar-refractivity contribution >= 4 is 39.1 Å². The zero-order valence-corrected chi connectivity index (χ0v) is 15.6. The maximum absolute atomic E-state index is 6.10. The molecule has 1 atom stereocenters. The van der Waals surface area contributed by atoms with Crippen LogP contribution in [0.5, 0.6) is 0 Å². The topological polar surface area (TPSA) is 0 Å². The molecule has 0 spiro atoms. The van der Waals surface area contributed by atoms with E-state index in [9.17, 15) is 0 Å². The van der Waals surface area contributed by atoms with Gasteiger partial charge >= 0.3 is 0 Å². The minimum Gasteiger partial charge on any atom is -0.0835 e. The molecule has 0 nitrogen and oxygen atoms in total. The lowest BCUT2D eigenvalue weighted by atomic mass is 9.82. The highest BCUT2D eigenvalue weighted by molar-refractivity contribution is 9.09.